The number of alkyl carbamates (subject to hydrolysis) is 1. The molecule has 6 heteroatoms. The van der Waals surface area contributed by atoms with Crippen LogP contribution < -0.4 is 5.32 Å². The second-order valence-electron chi connectivity index (χ2n) is 7.40. The Balaban J connectivity index is 1.56. The molecule has 4 rings (SSSR count). The summed E-state index contributed by atoms with van der Waals surface area (Å²) in [4.78, 5) is 33.8. The summed E-state index contributed by atoms with van der Waals surface area (Å²) in [5.41, 5.74) is 2.73. The van der Waals surface area contributed by atoms with Crippen molar-refractivity contribution in [3.8, 4) is 0 Å². The van der Waals surface area contributed by atoms with E-state index in [1.54, 1.807) is 0 Å². The van der Waals surface area contributed by atoms with Crippen LogP contribution in [0.1, 0.15) is 33.3 Å². The molecule has 0 aliphatic rings. The van der Waals surface area contributed by atoms with Crippen LogP contribution in [0, 0.1) is 6.33 Å². The Kier molecular flexibility index (Phi) is 7.18. The number of hydrogen-bond acceptors (Lipinski definition) is 5. The maximum absolute atomic E-state index is 13.1. The third-order valence-corrected chi connectivity index (χ3v) is 5.11. The Labute approximate surface area is 192 Å². The van der Waals surface area contributed by atoms with Gasteiger partial charge in [-0.2, -0.15) is 0 Å². The summed E-state index contributed by atoms with van der Waals surface area (Å²) in [6.07, 6.45) is 2.85. The molecule has 0 unspecified atom stereocenters. The molecular weight excluding hydrogens is 414 g/mol. The number of aromatic nitrogens is 2. The van der Waals surface area contributed by atoms with Crippen molar-refractivity contribution in [3.63, 3.8) is 0 Å². The predicted molar refractivity (Wildman–Crippen MR) is 123 cm³/mol. The average molecular weight is 436 g/mol. The number of rotatable bonds is 8. The Morgan fingerprint density at radius 1 is 0.818 bits per heavy atom. The Morgan fingerprint density at radius 2 is 1.39 bits per heavy atom. The minimum absolute atomic E-state index is 0.175. The van der Waals surface area contributed by atoms with E-state index in [4.69, 9.17) is 4.74 Å². The smallest absolute Gasteiger partial charge is 0.408 e. The Hall–Kier alpha value is -4.32. The summed E-state index contributed by atoms with van der Waals surface area (Å²) >= 11 is 0. The molecule has 1 aromatic heterocycles. The van der Waals surface area contributed by atoms with Crippen LogP contribution in [0.4, 0.5) is 4.79 Å². The summed E-state index contributed by atoms with van der Waals surface area (Å²) in [5, 5.41) is 2.75. The first-order valence-electron chi connectivity index (χ1n) is 10.5. The SMILES string of the molecule is O=C(N[C@@H](Cc1ccccc1)C(=O)c1ccn[c]n1)OC(c1ccccc1)c1ccccc1. The van der Waals surface area contributed by atoms with Gasteiger partial charge in [0.1, 0.15) is 11.7 Å². The van der Waals surface area contributed by atoms with Crippen molar-refractivity contribution in [2.45, 2.75) is 18.6 Å². The van der Waals surface area contributed by atoms with Crippen LogP contribution in [-0.4, -0.2) is 27.9 Å². The molecule has 0 aliphatic heterocycles. The molecule has 6 nitrogen and oxygen atoms in total. The number of benzene rings is 3. The highest BCUT2D eigenvalue weighted by molar-refractivity contribution is 6.00. The summed E-state index contributed by atoms with van der Waals surface area (Å²) in [6, 6.07) is 29.0. The quantitative estimate of drug-likeness (QED) is 0.409. The highest BCUT2D eigenvalue weighted by Gasteiger charge is 2.26. The van der Waals surface area contributed by atoms with Crippen molar-refractivity contribution in [1.29, 1.82) is 0 Å². The largest absolute Gasteiger partial charge is 0.436 e. The number of Topliss-reactive ketones (excluding diaryl/α,β-unsaturated/α-hetero) is 1. The molecule has 1 radical (unpaired) electrons. The second-order valence-corrected chi connectivity index (χ2v) is 7.40. The molecule has 163 valence electrons. The number of carbonyl (C=O) groups is 2. The van der Waals surface area contributed by atoms with Crippen molar-refractivity contribution in [1.82, 2.24) is 15.3 Å². The molecule has 0 spiro atoms. The molecule has 1 atom stereocenters. The van der Waals surface area contributed by atoms with Gasteiger partial charge in [-0.15, -0.1) is 0 Å². The molecule has 0 bridgehead atoms. The Bertz CT molecular complexity index is 1130. The molecule has 1 amide bonds. The van der Waals surface area contributed by atoms with Gasteiger partial charge >= 0.3 is 6.09 Å². The minimum Gasteiger partial charge on any atom is -0.436 e. The lowest BCUT2D eigenvalue weighted by molar-refractivity contribution is 0.0885. The monoisotopic (exact) mass is 436 g/mol. The number of ether oxygens (including phenoxy) is 1. The molecule has 1 heterocycles. The fourth-order valence-electron chi connectivity index (χ4n) is 3.50. The summed E-state index contributed by atoms with van der Waals surface area (Å²) < 4.78 is 5.83. The second kappa shape index (κ2) is 10.8. The van der Waals surface area contributed by atoms with Crippen LogP contribution in [-0.2, 0) is 11.2 Å². The summed E-state index contributed by atoms with van der Waals surface area (Å²) in [6.45, 7) is 0. The molecular formula is C27H22N3O3. The maximum Gasteiger partial charge on any atom is 0.408 e. The lowest BCUT2D eigenvalue weighted by Gasteiger charge is -2.22. The van der Waals surface area contributed by atoms with Crippen molar-refractivity contribution >= 4 is 11.9 Å². The van der Waals surface area contributed by atoms with E-state index in [2.05, 4.69) is 21.6 Å². The van der Waals surface area contributed by atoms with Crippen LogP contribution in [0.5, 0.6) is 0 Å². The van der Waals surface area contributed by atoms with Crippen LogP contribution in [0.25, 0.3) is 0 Å². The zero-order chi connectivity index (χ0) is 22.9. The number of ketones is 1. The van der Waals surface area contributed by atoms with Crippen LogP contribution in [0.2, 0.25) is 0 Å². The average Bonchev–Trinajstić information content (AvgIpc) is 2.88. The number of amides is 1. The zero-order valence-corrected chi connectivity index (χ0v) is 17.8. The van der Waals surface area contributed by atoms with Gasteiger partial charge in [-0.3, -0.25) is 4.79 Å². The van der Waals surface area contributed by atoms with Gasteiger partial charge in [0, 0.05) is 12.6 Å². The number of carbonyl (C=O) groups excluding carboxylic acids is 2. The highest BCUT2D eigenvalue weighted by Crippen LogP contribution is 2.26. The molecule has 0 saturated carbocycles. The van der Waals surface area contributed by atoms with E-state index < -0.39 is 18.2 Å². The van der Waals surface area contributed by atoms with Gasteiger partial charge in [-0.25, -0.2) is 14.8 Å². The third-order valence-electron chi connectivity index (χ3n) is 5.11. The summed E-state index contributed by atoms with van der Waals surface area (Å²) in [7, 11) is 0. The molecule has 33 heavy (non-hydrogen) atoms. The van der Waals surface area contributed by atoms with Crippen LogP contribution in [0.15, 0.2) is 103 Å². The van der Waals surface area contributed by atoms with Crippen molar-refractivity contribution in [2.24, 2.45) is 0 Å². The lowest BCUT2D eigenvalue weighted by atomic mass is 10.0. The number of hydrogen-bond donors (Lipinski definition) is 1. The van der Waals surface area contributed by atoms with Gasteiger partial charge in [0.25, 0.3) is 0 Å². The predicted octanol–water partition coefficient (Wildman–Crippen LogP) is 4.59. The van der Waals surface area contributed by atoms with Crippen molar-refractivity contribution < 1.29 is 14.3 Å². The molecule has 0 fully saturated rings. The number of nitrogens with one attached hydrogen (secondary N) is 1. The van der Waals surface area contributed by atoms with Gasteiger partial charge in [0.05, 0.1) is 0 Å². The van der Waals surface area contributed by atoms with Crippen LogP contribution in [0.3, 0.4) is 0 Å². The molecule has 3 aromatic carbocycles. The van der Waals surface area contributed by atoms with E-state index in [1.165, 1.54) is 12.3 Å². The topological polar surface area (TPSA) is 81.2 Å². The van der Waals surface area contributed by atoms with Crippen molar-refractivity contribution in [3.05, 3.63) is 132 Å². The van der Waals surface area contributed by atoms with E-state index in [-0.39, 0.29) is 11.5 Å². The standard InChI is InChI=1S/C27H22N3O3/c31-25(23-16-17-28-19-29-23)24(18-20-10-4-1-5-11-20)30-27(32)33-26(21-12-6-2-7-13-21)22-14-8-3-9-15-22/h1-17,24,26H,18H2,(H,30,32)/t24-/m0/s1. The van der Waals surface area contributed by atoms with E-state index in [0.29, 0.717) is 6.42 Å². The first kappa shape index (κ1) is 21.9. The molecule has 0 saturated heterocycles. The Morgan fingerprint density at radius 3 is 1.94 bits per heavy atom. The van der Waals surface area contributed by atoms with Crippen LogP contribution >= 0.6 is 0 Å². The first-order chi connectivity index (χ1) is 16.2. The van der Waals surface area contributed by atoms with Crippen molar-refractivity contribution in [2.75, 3.05) is 0 Å². The fraction of sp³-hybridized carbons (Fsp3) is 0.111. The van der Waals surface area contributed by atoms with E-state index >= 15 is 0 Å². The zero-order valence-electron chi connectivity index (χ0n) is 17.8. The first-order valence-corrected chi connectivity index (χ1v) is 10.5. The van der Waals surface area contributed by atoms with Gasteiger partial charge in [0.15, 0.2) is 12.4 Å². The highest BCUT2D eigenvalue weighted by atomic mass is 16.6. The molecule has 4 aromatic rings. The minimum atomic E-state index is -0.865. The number of nitrogens with zero attached hydrogens (tertiary/aromatic N) is 2. The van der Waals surface area contributed by atoms with E-state index in [1.807, 2.05) is 91.0 Å². The maximum atomic E-state index is 13.1. The third kappa shape index (κ3) is 5.89. The lowest BCUT2D eigenvalue weighted by Crippen LogP contribution is -2.43. The summed E-state index contributed by atoms with van der Waals surface area (Å²) in [5.74, 6) is -0.342. The molecule has 0 aliphatic carbocycles. The van der Waals surface area contributed by atoms with Gasteiger partial charge in [-0.1, -0.05) is 91.0 Å². The molecule has 1 N–H and O–H groups in total. The van der Waals surface area contributed by atoms with E-state index in [9.17, 15) is 9.59 Å². The fourth-order valence-corrected chi connectivity index (χ4v) is 3.50. The van der Waals surface area contributed by atoms with Gasteiger partial charge in [0.2, 0.25) is 5.78 Å². The normalized spacial score (nSPS) is 11.5. The van der Waals surface area contributed by atoms with E-state index in [0.717, 1.165) is 16.7 Å². The van der Waals surface area contributed by atoms with Gasteiger partial charge < -0.3 is 10.1 Å². The van der Waals surface area contributed by atoms with Gasteiger partial charge in [-0.05, 0) is 22.8 Å².